The van der Waals surface area contributed by atoms with Gasteiger partial charge in [0, 0.05) is 25.1 Å². The number of benzene rings is 2. The molecule has 7 rings (SSSR count). The molecule has 1 aliphatic carbocycles. The zero-order valence-corrected chi connectivity index (χ0v) is 20.7. The molecule has 0 saturated heterocycles. The molecule has 0 bridgehead atoms. The second kappa shape index (κ2) is 8.73. The Morgan fingerprint density at radius 3 is 2.49 bits per heavy atom. The van der Waals surface area contributed by atoms with Crippen LogP contribution in [-0.4, -0.2) is 44.8 Å². The summed E-state index contributed by atoms with van der Waals surface area (Å²) in [6.45, 7) is 1.33. The van der Waals surface area contributed by atoms with E-state index in [2.05, 4.69) is 56.1 Å². The van der Waals surface area contributed by atoms with E-state index in [9.17, 15) is 4.39 Å². The lowest BCUT2D eigenvalue weighted by atomic mass is 10.1. The highest BCUT2D eigenvalue weighted by Gasteiger charge is 2.46. The molecule has 3 aliphatic rings. The Morgan fingerprint density at radius 2 is 1.70 bits per heavy atom. The molecule has 2 aliphatic heterocycles. The molecule has 37 heavy (non-hydrogen) atoms. The minimum Gasteiger partial charge on any atom is -0.341 e. The van der Waals surface area contributed by atoms with Crippen molar-refractivity contribution < 1.29 is 4.39 Å². The van der Waals surface area contributed by atoms with E-state index in [1.165, 1.54) is 18.6 Å². The largest absolute Gasteiger partial charge is 0.341 e. The van der Waals surface area contributed by atoms with Crippen molar-refractivity contribution in [2.24, 2.45) is 4.99 Å². The van der Waals surface area contributed by atoms with Gasteiger partial charge in [-0.15, -0.1) is 0 Å². The Morgan fingerprint density at radius 1 is 0.946 bits per heavy atom. The van der Waals surface area contributed by atoms with Crippen LogP contribution in [-0.2, 0) is 13.1 Å². The Hall–Kier alpha value is -4.20. The fourth-order valence-corrected chi connectivity index (χ4v) is 5.84. The Bertz CT molecular complexity index is 1460. The number of anilines is 3. The SMILES string of the molecule is CN1Cc2c(nn(Cc3ccc(-c4ccncc4)cc3)c2Nc2ccc(F)cc2)N2C1=N[C@@H]1CCC[C@@H]12. The van der Waals surface area contributed by atoms with Crippen LogP contribution in [0.1, 0.15) is 30.4 Å². The molecular formula is C29H28FN7. The number of nitrogens with zero attached hydrogens (tertiary/aromatic N) is 6. The number of nitrogens with one attached hydrogen (secondary N) is 1. The van der Waals surface area contributed by atoms with Crippen molar-refractivity contribution in [2.75, 3.05) is 17.3 Å². The van der Waals surface area contributed by atoms with Gasteiger partial charge in [0.1, 0.15) is 11.6 Å². The van der Waals surface area contributed by atoms with Crippen LogP contribution < -0.4 is 10.2 Å². The van der Waals surface area contributed by atoms with E-state index < -0.39 is 0 Å². The number of guanidine groups is 1. The maximum Gasteiger partial charge on any atom is 0.203 e. The summed E-state index contributed by atoms with van der Waals surface area (Å²) in [5, 5.41) is 8.73. The quantitative estimate of drug-likeness (QED) is 0.402. The third-order valence-electron chi connectivity index (χ3n) is 7.67. The van der Waals surface area contributed by atoms with E-state index in [1.807, 2.05) is 24.5 Å². The molecule has 186 valence electrons. The van der Waals surface area contributed by atoms with Crippen molar-refractivity contribution in [1.82, 2.24) is 19.7 Å². The molecule has 1 fully saturated rings. The Balaban J connectivity index is 1.27. The lowest BCUT2D eigenvalue weighted by Gasteiger charge is -2.35. The summed E-state index contributed by atoms with van der Waals surface area (Å²) in [6.07, 6.45) is 7.10. The first-order valence-corrected chi connectivity index (χ1v) is 12.8. The summed E-state index contributed by atoms with van der Waals surface area (Å²) < 4.78 is 15.7. The van der Waals surface area contributed by atoms with Crippen LogP contribution in [0, 0.1) is 5.82 Å². The highest BCUT2D eigenvalue weighted by Crippen LogP contribution is 2.43. The normalized spacial score (nSPS) is 19.9. The van der Waals surface area contributed by atoms with E-state index in [1.54, 1.807) is 12.1 Å². The van der Waals surface area contributed by atoms with Crippen LogP contribution >= 0.6 is 0 Å². The molecule has 4 aromatic rings. The molecule has 4 heterocycles. The number of aromatic nitrogens is 3. The zero-order chi connectivity index (χ0) is 24.9. The van der Waals surface area contributed by atoms with Gasteiger partial charge in [0.25, 0.3) is 0 Å². The molecule has 0 amide bonds. The van der Waals surface area contributed by atoms with Gasteiger partial charge in [-0.2, -0.15) is 5.10 Å². The van der Waals surface area contributed by atoms with Gasteiger partial charge in [-0.25, -0.2) is 14.1 Å². The number of fused-ring (bicyclic) bond motifs is 5. The molecule has 2 aromatic carbocycles. The molecule has 7 nitrogen and oxygen atoms in total. The molecule has 0 spiro atoms. The average Bonchev–Trinajstić information content (AvgIpc) is 3.61. The molecule has 8 heteroatoms. The smallest absolute Gasteiger partial charge is 0.203 e. The highest BCUT2D eigenvalue weighted by atomic mass is 19.1. The summed E-state index contributed by atoms with van der Waals surface area (Å²) >= 11 is 0. The molecule has 0 radical (unpaired) electrons. The number of aliphatic imine (C=N–C) groups is 1. The van der Waals surface area contributed by atoms with E-state index >= 15 is 0 Å². The van der Waals surface area contributed by atoms with Crippen molar-refractivity contribution in [3.05, 3.63) is 90.0 Å². The third-order valence-corrected chi connectivity index (χ3v) is 7.67. The van der Waals surface area contributed by atoms with Gasteiger partial charge in [-0.3, -0.25) is 9.88 Å². The standard InChI is InChI=1S/C29H28FN7/c1-35-18-24-27(32-23-11-9-22(30)10-12-23)36(34-28(24)37-26-4-2-3-25(26)33-29(35)37)17-19-5-7-20(8-6-19)21-13-15-31-16-14-21/h5-16,25-26,32H,2-4,17-18H2,1H3/t25-,26+/m1/s1. The summed E-state index contributed by atoms with van der Waals surface area (Å²) in [4.78, 5) is 13.8. The van der Waals surface area contributed by atoms with Gasteiger partial charge in [0.05, 0.1) is 30.7 Å². The topological polar surface area (TPSA) is 61.6 Å². The summed E-state index contributed by atoms with van der Waals surface area (Å²) in [5.41, 5.74) is 5.43. The number of hydrogen-bond acceptors (Lipinski definition) is 6. The minimum atomic E-state index is -0.250. The summed E-state index contributed by atoms with van der Waals surface area (Å²) in [7, 11) is 2.10. The predicted octanol–water partition coefficient (Wildman–Crippen LogP) is 5.42. The van der Waals surface area contributed by atoms with E-state index in [-0.39, 0.29) is 5.82 Å². The van der Waals surface area contributed by atoms with Crippen LogP contribution in [0.25, 0.3) is 11.1 Å². The van der Waals surface area contributed by atoms with Crippen LogP contribution in [0.5, 0.6) is 0 Å². The van der Waals surface area contributed by atoms with E-state index in [0.717, 1.165) is 58.4 Å². The van der Waals surface area contributed by atoms with E-state index in [4.69, 9.17) is 10.1 Å². The van der Waals surface area contributed by atoms with Gasteiger partial charge >= 0.3 is 0 Å². The fraction of sp³-hybridized carbons (Fsp3) is 0.276. The first kappa shape index (κ1) is 22.0. The molecule has 1 saturated carbocycles. The average molecular weight is 494 g/mol. The zero-order valence-electron chi connectivity index (χ0n) is 20.7. The van der Waals surface area contributed by atoms with Gasteiger partial charge in [0.15, 0.2) is 5.82 Å². The minimum absolute atomic E-state index is 0.250. The van der Waals surface area contributed by atoms with Crippen molar-refractivity contribution in [2.45, 2.75) is 44.4 Å². The maximum absolute atomic E-state index is 13.6. The number of hydrogen-bond donors (Lipinski definition) is 1. The molecule has 2 aromatic heterocycles. The number of halogens is 1. The fourth-order valence-electron chi connectivity index (χ4n) is 5.84. The number of pyridine rings is 1. The van der Waals surface area contributed by atoms with E-state index in [0.29, 0.717) is 25.2 Å². The second-order valence-electron chi connectivity index (χ2n) is 10.1. The second-order valence-corrected chi connectivity index (χ2v) is 10.1. The van der Waals surface area contributed by atoms with Gasteiger partial charge in [-0.1, -0.05) is 24.3 Å². The predicted molar refractivity (Wildman–Crippen MR) is 143 cm³/mol. The van der Waals surface area contributed by atoms with Crippen molar-refractivity contribution >= 4 is 23.3 Å². The molecular weight excluding hydrogens is 465 g/mol. The lowest BCUT2D eigenvalue weighted by molar-refractivity contribution is 0.475. The lowest BCUT2D eigenvalue weighted by Crippen LogP contribution is -2.48. The Labute approximate surface area is 215 Å². The summed E-state index contributed by atoms with van der Waals surface area (Å²) in [6, 6.07) is 19.8. The number of rotatable bonds is 5. The molecule has 2 atom stereocenters. The molecule has 0 unspecified atom stereocenters. The van der Waals surface area contributed by atoms with Gasteiger partial charge in [-0.05, 0) is 72.4 Å². The third kappa shape index (κ3) is 3.84. The van der Waals surface area contributed by atoms with Gasteiger partial charge < -0.3 is 10.2 Å². The van der Waals surface area contributed by atoms with Crippen LogP contribution in [0.15, 0.2) is 78.0 Å². The van der Waals surface area contributed by atoms with Crippen LogP contribution in [0.3, 0.4) is 0 Å². The van der Waals surface area contributed by atoms with Crippen LogP contribution in [0.2, 0.25) is 0 Å². The van der Waals surface area contributed by atoms with Crippen LogP contribution in [0.4, 0.5) is 21.7 Å². The maximum atomic E-state index is 13.6. The first-order valence-electron chi connectivity index (χ1n) is 12.8. The first-order chi connectivity index (χ1) is 18.1. The Kier molecular flexibility index (Phi) is 5.20. The van der Waals surface area contributed by atoms with Crippen molar-refractivity contribution in [3.8, 4) is 11.1 Å². The van der Waals surface area contributed by atoms with Crippen molar-refractivity contribution in [3.63, 3.8) is 0 Å². The van der Waals surface area contributed by atoms with Crippen molar-refractivity contribution in [1.29, 1.82) is 0 Å². The van der Waals surface area contributed by atoms with Gasteiger partial charge in [0.2, 0.25) is 5.96 Å². The highest BCUT2D eigenvalue weighted by molar-refractivity contribution is 6.01. The summed E-state index contributed by atoms with van der Waals surface area (Å²) in [5.74, 6) is 2.71. The monoisotopic (exact) mass is 493 g/mol. The molecule has 1 N–H and O–H groups in total.